The highest BCUT2D eigenvalue weighted by Crippen LogP contribution is 2.19. The third-order valence-electron chi connectivity index (χ3n) is 1.84. The van der Waals surface area contributed by atoms with Gasteiger partial charge in [-0.25, -0.2) is 0 Å². The van der Waals surface area contributed by atoms with Crippen molar-refractivity contribution in [2.24, 2.45) is 0 Å². The summed E-state index contributed by atoms with van der Waals surface area (Å²) in [6, 6.07) is 6.59. The van der Waals surface area contributed by atoms with E-state index in [1.165, 1.54) is 0 Å². The summed E-state index contributed by atoms with van der Waals surface area (Å²) in [7, 11) is 0. The van der Waals surface area contributed by atoms with Crippen LogP contribution in [0.2, 0.25) is 5.02 Å². The van der Waals surface area contributed by atoms with Crippen LogP contribution in [0.1, 0.15) is 0 Å². The molecule has 0 spiro atoms. The Morgan fingerprint density at radius 2 is 1.94 bits per heavy atom. The molecular formula is C10H8Br2ClNO3. The maximum absolute atomic E-state index is 11.7. The minimum Gasteiger partial charge on any atom is -0.480 e. The Bertz CT molecular complexity index is 441. The van der Waals surface area contributed by atoms with E-state index < -0.39 is 21.5 Å². The number of halogens is 3. The predicted octanol–water partition coefficient (Wildman–Crippen LogP) is 2.89. The number of carboxylic acids is 1. The van der Waals surface area contributed by atoms with E-state index in [0.717, 1.165) is 0 Å². The minimum atomic E-state index is -1.12. The molecule has 1 aromatic carbocycles. The Hall–Kier alpha value is -0.590. The van der Waals surface area contributed by atoms with Crippen molar-refractivity contribution in [2.75, 3.05) is 5.32 Å². The van der Waals surface area contributed by atoms with E-state index in [1.807, 2.05) is 0 Å². The predicted molar refractivity (Wildman–Crippen MR) is 73.1 cm³/mol. The lowest BCUT2D eigenvalue weighted by Crippen LogP contribution is -2.34. The van der Waals surface area contributed by atoms with Gasteiger partial charge in [0.1, 0.15) is 9.65 Å². The summed E-state index contributed by atoms with van der Waals surface area (Å²) >= 11 is 11.7. The van der Waals surface area contributed by atoms with Crippen LogP contribution in [0.5, 0.6) is 0 Å². The fourth-order valence-corrected chi connectivity index (χ4v) is 1.81. The summed E-state index contributed by atoms with van der Waals surface area (Å²) in [6.07, 6.45) is 0. The first-order valence-corrected chi connectivity index (χ1v) is 6.70. The van der Waals surface area contributed by atoms with E-state index in [9.17, 15) is 9.59 Å². The monoisotopic (exact) mass is 383 g/mol. The Morgan fingerprint density at radius 1 is 1.29 bits per heavy atom. The average molecular weight is 385 g/mol. The Balaban J connectivity index is 2.69. The van der Waals surface area contributed by atoms with Crippen molar-refractivity contribution in [3.8, 4) is 0 Å². The molecule has 92 valence electrons. The normalized spacial score (nSPS) is 13.8. The number of nitrogens with one attached hydrogen (secondary N) is 1. The summed E-state index contributed by atoms with van der Waals surface area (Å²) < 4.78 is 0. The molecule has 0 saturated carbocycles. The number of anilines is 1. The molecule has 2 atom stereocenters. The summed E-state index contributed by atoms with van der Waals surface area (Å²) in [4.78, 5) is 20.5. The van der Waals surface area contributed by atoms with Crippen LogP contribution in [-0.2, 0) is 9.59 Å². The van der Waals surface area contributed by atoms with Gasteiger partial charge in [-0.1, -0.05) is 49.5 Å². The molecule has 0 aliphatic carbocycles. The van der Waals surface area contributed by atoms with E-state index in [1.54, 1.807) is 24.3 Å². The topological polar surface area (TPSA) is 66.4 Å². The third-order valence-corrected chi connectivity index (χ3v) is 4.64. The van der Waals surface area contributed by atoms with Crippen LogP contribution in [0.4, 0.5) is 5.69 Å². The molecule has 0 unspecified atom stereocenters. The van der Waals surface area contributed by atoms with E-state index in [0.29, 0.717) is 10.7 Å². The summed E-state index contributed by atoms with van der Waals surface area (Å²) in [5.41, 5.74) is 0.511. The Kier molecular flexibility index (Phi) is 5.42. The SMILES string of the molecule is O=C(O)[C@@H](Br)[C@H](Br)C(=O)Nc1cccc(Cl)c1. The molecule has 0 aliphatic rings. The molecule has 1 rings (SSSR count). The molecule has 7 heteroatoms. The van der Waals surface area contributed by atoms with Gasteiger partial charge >= 0.3 is 5.97 Å². The third kappa shape index (κ3) is 4.29. The van der Waals surface area contributed by atoms with Crippen molar-refractivity contribution < 1.29 is 14.7 Å². The molecule has 0 heterocycles. The van der Waals surface area contributed by atoms with Gasteiger partial charge < -0.3 is 10.4 Å². The van der Waals surface area contributed by atoms with Gasteiger partial charge in [0.25, 0.3) is 0 Å². The lowest BCUT2D eigenvalue weighted by atomic mass is 10.2. The summed E-state index contributed by atoms with van der Waals surface area (Å²) in [5.74, 6) is -1.58. The van der Waals surface area contributed by atoms with Gasteiger partial charge in [-0.2, -0.15) is 0 Å². The van der Waals surface area contributed by atoms with Crippen LogP contribution in [0, 0.1) is 0 Å². The molecule has 2 N–H and O–H groups in total. The van der Waals surface area contributed by atoms with Crippen molar-refractivity contribution in [1.29, 1.82) is 0 Å². The minimum absolute atomic E-state index is 0.462. The van der Waals surface area contributed by atoms with Gasteiger partial charge in [0.15, 0.2) is 0 Å². The molecule has 0 radical (unpaired) electrons. The maximum atomic E-state index is 11.7. The van der Waals surface area contributed by atoms with E-state index in [-0.39, 0.29) is 0 Å². The number of carboxylic acid groups (broad SMARTS) is 1. The summed E-state index contributed by atoms with van der Waals surface area (Å²) in [5, 5.41) is 11.8. The van der Waals surface area contributed by atoms with E-state index >= 15 is 0 Å². The highest BCUT2D eigenvalue weighted by molar-refractivity contribution is 9.12. The zero-order valence-corrected chi connectivity index (χ0v) is 12.3. The summed E-state index contributed by atoms with van der Waals surface area (Å²) in [6.45, 7) is 0. The molecule has 0 aromatic heterocycles. The number of benzene rings is 1. The number of rotatable bonds is 4. The van der Waals surface area contributed by atoms with Crippen LogP contribution >= 0.6 is 43.5 Å². The highest BCUT2D eigenvalue weighted by Gasteiger charge is 2.29. The molecule has 0 bridgehead atoms. The average Bonchev–Trinajstić information content (AvgIpc) is 2.26. The molecule has 0 fully saturated rings. The van der Waals surface area contributed by atoms with Crippen LogP contribution in [0.15, 0.2) is 24.3 Å². The zero-order valence-electron chi connectivity index (χ0n) is 8.36. The second-order valence-corrected chi connectivity index (χ2v) is 5.55. The van der Waals surface area contributed by atoms with Crippen molar-refractivity contribution in [2.45, 2.75) is 9.65 Å². The smallest absolute Gasteiger partial charge is 0.318 e. The van der Waals surface area contributed by atoms with Crippen LogP contribution < -0.4 is 5.32 Å². The molecule has 1 aromatic rings. The number of amides is 1. The van der Waals surface area contributed by atoms with Crippen molar-refractivity contribution in [1.82, 2.24) is 0 Å². The number of hydrogen-bond donors (Lipinski definition) is 2. The fourth-order valence-electron chi connectivity index (χ4n) is 1.04. The van der Waals surface area contributed by atoms with Crippen LogP contribution in [-0.4, -0.2) is 26.6 Å². The Morgan fingerprint density at radius 3 is 2.47 bits per heavy atom. The lowest BCUT2D eigenvalue weighted by molar-refractivity contribution is -0.137. The fraction of sp³-hybridized carbons (Fsp3) is 0.200. The first kappa shape index (κ1) is 14.5. The van der Waals surface area contributed by atoms with Crippen LogP contribution in [0.3, 0.4) is 0 Å². The van der Waals surface area contributed by atoms with Crippen molar-refractivity contribution in [3.63, 3.8) is 0 Å². The molecule has 0 saturated heterocycles. The molecule has 0 aliphatic heterocycles. The van der Waals surface area contributed by atoms with E-state index in [4.69, 9.17) is 16.7 Å². The molecular weight excluding hydrogens is 377 g/mol. The van der Waals surface area contributed by atoms with Crippen molar-refractivity contribution >= 4 is 61.0 Å². The van der Waals surface area contributed by atoms with Gasteiger partial charge in [0.05, 0.1) is 0 Å². The zero-order chi connectivity index (χ0) is 13.0. The van der Waals surface area contributed by atoms with Gasteiger partial charge in [-0.15, -0.1) is 0 Å². The number of carbonyl (C=O) groups is 2. The van der Waals surface area contributed by atoms with Crippen molar-refractivity contribution in [3.05, 3.63) is 29.3 Å². The second-order valence-electron chi connectivity index (χ2n) is 3.14. The quantitative estimate of drug-likeness (QED) is 0.784. The first-order chi connectivity index (χ1) is 7.91. The molecule has 17 heavy (non-hydrogen) atoms. The standard InChI is InChI=1S/C10H8Br2ClNO3/c11-7(8(12)10(16)17)9(15)14-6-3-1-2-5(13)4-6/h1-4,7-8H,(H,14,15)(H,16,17)/t7-,8-/m0/s1. The number of hydrogen-bond acceptors (Lipinski definition) is 2. The van der Waals surface area contributed by atoms with Gasteiger partial charge in [-0.3, -0.25) is 9.59 Å². The molecule has 1 amide bonds. The maximum Gasteiger partial charge on any atom is 0.318 e. The van der Waals surface area contributed by atoms with E-state index in [2.05, 4.69) is 37.2 Å². The number of carbonyl (C=O) groups excluding carboxylic acids is 1. The van der Waals surface area contributed by atoms with Gasteiger partial charge in [0, 0.05) is 10.7 Å². The van der Waals surface area contributed by atoms with Crippen LogP contribution in [0.25, 0.3) is 0 Å². The molecule has 4 nitrogen and oxygen atoms in total. The lowest BCUT2D eigenvalue weighted by Gasteiger charge is -2.13. The highest BCUT2D eigenvalue weighted by atomic mass is 79.9. The Labute approximate surface area is 120 Å². The largest absolute Gasteiger partial charge is 0.480 e. The van der Waals surface area contributed by atoms with Gasteiger partial charge in [0.2, 0.25) is 5.91 Å². The first-order valence-electron chi connectivity index (χ1n) is 4.49. The van der Waals surface area contributed by atoms with Gasteiger partial charge in [-0.05, 0) is 18.2 Å². The number of alkyl halides is 2. The second kappa shape index (κ2) is 6.37. The number of aliphatic carboxylic acids is 1.